The zero-order chi connectivity index (χ0) is 9.94. The van der Waals surface area contributed by atoms with Crippen molar-refractivity contribution in [3.05, 3.63) is 12.2 Å². The molecule has 12 heavy (non-hydrogen) atoms. The van der Waals surface area contributed by atoms with Gasteiger partial charge in [0, 0.05) is 5.57 Å². The lowest BCUT2D eigenvalue weighted by atomic mass is 10.4. The van der Waals surface area contributed by atoms with E-state index in [4.69, 9.17) is 20.4 Å². The van der Waals surface area contributed by atoms with E-state index >= 15 is 0 Å². The molecule has 6 nitrogen and oxygen atoms in total. The van der Waals surface area contributed by atoms with Gasteiger partial charge in [-0.2, -0.15) is 0 Å². The Kier molecular flexibility index (Phi) is 3.35. The molecule has 0 heterocycles. The topological polar surface area (TPSA) is 107 Å². The standard InChI is InChI=1S/C6H10O6/c1-3(2)4(7)12-5(8)6(9,10)11/h5,8-11H,1H2,2H3. The van der Waals surface area contributed by atoms with Crippen molar-refractivity contribution in [2.45, 2.75) is 19.2 Å². The summed E-state index contributed by atoms with van der Waals surface area (Å²) in [6, 6.07) is 0. The number of hydrogen-bond donors (Lipinski definition) is 4. The van der Waals surface area contributed by atoms with Crippen LogP contribution >= 0.6 is 0 Å². The minimum atomic E-state index is -3.45. The van der Waals surface area contributed by atoms with E-state index in [0.717, 1.165) is 0 Å². The Bertz CT molecular complexity index is 191. The van der Waals surface area contributed by atoms with Gasteiger partial charge in [-0.05, 0) is 6.92 Å². The Hall–Kier alpha value is -0.950. The molecule has 1 unspecified atom stereocenters. The average molecular weight is 178 g/mol. The second-order valence-electron chi connectivity index (χ2n) is 2.23. The molecule has 0 radical (unpaired) electrons. The summed E-state index contributed by atoms with van der Waals surface area (Å²) in [5, 5.41) is 33.4. The molecule has 0 aliphatic heterocycles. The molecule has 0 aliphatic carbocycles. The normalized spacial score (nSPS) is 13.8. The van der Waals surface area contributed by atoms with Crippen LogP contribution in [-0.2, 0) is 9.53 Å². The molecule has 4 N–H and O–H groups in total. The van der Waals surface area contributed by atoms with Gasteiger partial charge in [-0.15, -0.1) is 0 Å². The van der Waals surface area contributed by atoms with E-state index in [-0.39, 0.29) is 5.57 Å². The van der Waals surface area contributed by atoms with E-state index in [1.54, 1.807) is 0 Å². The van der Waals surface area contributed by atoms with Crippen LogP contribution < -0.4 is 0 Å². The van der Waals surface area contributed by atoms with Gasteiger partial charge in [0.1, 0.15) is 0 Å². The highest BCUT2D eigenvalue weighted by Gasteiger charge is 2.34. The molecule has 0 bridgehead atoms. The van der Waals surface area contributed by atoms with Gasteiger partial charge < -0.3 is 25.2 Å². The largest absolute Gasteiger partial charge is 0.424 e. The maximum Gasteiger partial charge on any atom is 0.341 e. The Morgan fingerprint density at radius 3 is 2.17 bits per heavy atom. The van der Waals surface area contributed by atoms with Crippen molar-refractivity contribution in [3.63, 3.8) is 0 Å². The third-order valence-electron chi connectivity index (χ3n) is 0.898. The number of esters is 1. The van der Waals surface area contributed by atoms with Crippen LogP contribution in [0.2, 0.25) is 0 Å². The molecule has 0 aromatic rings. The van der Waals surface area contributed by atoms with Crippen LogP contribution in [0.4, 0.5) is 0 Å². The summed E-state index contributed by atoms with van der Waals surface area (Å²) in [7, 11) is 0. The molecule has 0 fully saturated rings. The van der Waals surface area contributed by atoms with Gasteiger partial charge >= 0.3 is 11.9 Å². The van der Waals surface area contributed by atoms with Crippen molar-refractivity contribution in [2.75, 3.05) is 0 Å². The van der Waals surface area contributed by atoms with Crippen molar-refractivity contribution in [3.8, 4) is 0 Å². The van der Waals surface area contributed by atoms with E-state index in [9.17, 15) is 4.79 Å². The highest BCUT2D eigenvalue weighted by Crippen LogP contribution is 2.05. The quantitative estimate of drug-likeness (QED) is 0.227. The van der Waals surface area contributed by atoms with Gasteiger partial charge in [-0.3, -0.25) is 0 Å². The minimum Gasteiger partial charge on any atom is -0.424 e. The molecule has 0 spiro atoms. The van der Waals surface area contributed by atoms with Crippen molar-refractivity contribution in [1.29, 1.82) is 0 Å². The first-order valence-corrected chi connectivity index (χ1v) is 2.97. The molecule has 0 saturated heterocycles. The lowest BCUT2D eigenvalue weighted by Crippen LogP contribution is -2.44. The highest BCUT2D eigenvalue weighted by molar-refractivity contribution is 5.87. The number of ether oxygens (including phenoxy) is 1. The average Bonchev–Trinajstić information content (AvgIpc) is 1.85. The first kappa shape index (κ1) is 11.1. The van der Waals surface area contributed by atoms with Gasteiger partial charge in [-0.1, -0.05) is 6.58 Å². The summed E-state index contributed by atoms with van der Waals surface area (Å²) in [5.41, 5.74) is -0.0432. The molecule has 6 heteroatoms. The van der Waals surface area contributed by atoms with Gasteiger partial charge in [-0.25, -0.2) is 4.79 Å². The maximum absolute atomic E-state index is 10.6. The fraction of sp³-hybridized carbons (Fsp3) is 0.500. The van der Waals surface area contributed by atoms with E-state index in [1.807, 2.05) is 0 Å². The van der Waals surface area contributed by atoms with E-state index < -0.39 is 18.2 Å². The SMILES string of the molecule is C=C(C)C(=O)OC(O)C(O)(O)O. The fourth-order valence-electron chi connectivity index (χ4n) is 0.281. The van der Waals surface area contributed by atoms with Crippen LogP contribution in [0, 0.1) is 0 Å². The number of aliphatic hydroxyl groups is 4. The molecule has 0 aromatic heterocycles. The molecule has 1 atom stereocenters. The zero-order valence-electron chi connectivity index (χ0n) is 6.39. The summed E-state index contributed by atoms with van der Waals surface area (Å²) < 4.78 is 3.94. The lowest BCUT2D eigenvalue weighted by Gasteiger charge is -2.20. The molecule has 0 aromatic carbocycles. The molecule has 0 saturated carbocycles. The zero-order valence-corrected chi connectivity index (χ0v) is 6.39. The van der Waals surface area contributed by atoms with Gasteiger partial charge in [0.25, 0.3) is 6.29 Å². The number of hydrogen-bond acceptors (Lipinski definition) is 6. The van der Waals surface area contributed by atoms with Gasteiger partial charge in [0.2, 0.25) is 0 Å². The summed E-state index contributed by atoms with van der Waals surface area (Å²) in [4.78, 5) is 10.6. The maximum atomic E-state index is 10.6. The number of rotatable bonds is 3. The summed E-state index contributed by atoms with van der Waals surface area (Å²) in [6.07, 6.45) is -2.42. The molecular weight excluding hydrogens is 168 g/mol. The van der Waals surface area contributed by atoms with Crippen LogP contribution in [0.3, 0.4) is 0 Å². The predicted octanol–water partition coefficient (Wildman–Crippen LogP) is -1.95. The second kappa shape index (κ2) is 3.63. The molecule has 0 aliphatic rings. The van der Waals surface area contributed by atoms with Crippen LogP contribution in [0.1, 0.15) is 6.92 Å². The second-order valence-corrected chi connectivity index (χ2v) is 2.23. The monoisotopic (exact) mass is 178 g/mol. The first-order chi connectivity index (χ1) is 5.25. The smallest absolute Gasteiger partial charge is 0.341 e. The van der Waals surface area contributed by atoms with Crippen molar-refractivity contribution in [1.82, 2.24) is 0 Å². The van der Waals surface area contributed by atoms with E-state index in [1.165, 1.54) is 6.92 Å². The summed E-state index contributed by atoms with van der Waals surface area (Å²) in [5.74, 6) is -4.49. The van der Waals surface area contributed by atoms with Crippen molar-refractivity contribution < 1.29 is 30.0 Å². The Morgan fingerprint density at radius 1 is 1.50 bits per heavy atom. The minimum absolute atomic E-state index is 0.0432. The van der Waals surface area contributed by atoms with Crippen molar-refractivity contribution in [2.24, 2.45) is 0 Å². The molecule has 0 rings (SSSR count). The lowest BCUT2D eigenvalue weighted by molar-refractivity contribution is -0.396. The van der Waals surface area contributed by atoms with Crippen LogP contribution in [0.15, 0.2) is 12.2 Å². The van der Waals surface area contributed by atoms with Crippen LogP contribution in [0.5, 0.6) is 0 Å². The predicted molar refractivity (Wildman–Crippen MR) is 36.3 cm³/mol. The molecule has 70 valence electrons. The third kappa shape index (κ3) is 3.44. The summed E-state index contributed by atoms with van der Waals surface area (Å²) in [6.45, 7) is 4.45. The van der Waals surface area contributed by atoms with Crippen molar-refractivity contribution >= 4 is 5.97 Å². The van der Waals surface area contributed by atoms with E-state index in [0.29, 0.717) is 0 Å². The fourth-order valence-corrected chi connectivity index (χ4v) is 0.281. The Labute approximate surface area is 68.3 Å². The van der Waals surface area contributed by atoms with Crippen LogP contribution in [0.25, 0.3) is 0 Å². The number of carbonyl (C=O) groups excluding carboxylic acids is 1. The number of aliphatic hydroxyl groups excluding tert-OH is 1. The van der Waals surface area contributed by atoms with E-state index in [2.05, 4.69) is 11.3 Å². The third-order valence-corrected chi connectivity index (χ3v) is 0.898. The van der Waals surface area contributed by atoms with Gasteiger partial charge in [0.15, 0.2) is 0 Å². The Balaban J connectivity index is 4.11. The van der Waals surface area contributed by atoms with Gasteiger partial charge in [0.05, 0.1) is 0 Å². The Morgan fingerprint density at radius 2 is 1.92 bits per heavy atom. The van der Waals surface area contributed by atoms with Crippen LogP contribution in [-0.4, -0.2) is 38.7 Å². The molecular formula is C6H10O6. The first-order valence-electron chi connectivity index (χ1n) is 2.97. The molecule has 0 amide bonds. The number of carbonyl (C=O) groups is 1. The summed E-state index contributed by atoms with van der Waals surface area (Å²) >= 11 is 0. The highest BCUT2D eigenvalue weighted by atomic mass is 16.8.